The van der Waals surface area contributed by atoms with E-state index >= 15 is 0 Å². The van der Waals surface area contributed by atoms with Crippen LogP contribution >= 0.6 is 0 Å². The fraction of sp³-hybridized carbons (Fsp3) is 0.105. The highest BCUT2D eigenvalue weighted by molar-refractivity contribution is 5.71. The number of carbonyl (C=O) groups excluding carboxylic acids is 1. The highest BCUT2D eigenvalue weighted by Crippen LogP contribution is 2.11. The zero-order valence-electron chi connectivity index (χ0n) is 13.3. The minimum atomic E-state index is 0.218. The number of aromatic hydroxyl groups is 1. The first-order valence-electron chi connectivity index (χ1n) is 7.37. The average molecular weight is 322 g/mol. The molecule has 0 spiro atoms. The summed E-state index contributed by atoms with van der Waals surface area (Å²) in [6.07, 6.45) is 3.68. The Morgan fingerprint density at radius 2 is 1.79 bits per heavy atom. The fourth-order valence-corrected chi connectivity index (χ4v) is 1.75. The highest BCUT2D eigenvalue weighted by Gasteiger charge is 1.96. The molecule has 0 aliphatic heterocycles. The summed E-state index contributed by atoms with van der Waals surface area (Å²) >= 11 is 0. The first kappa shape index (κ1) is 17.1. The molecule has 5 nitrogen and oxygen atoms in total. The number of pyridine rings is 2. The molecule has 0 fully saturated rings. The van der Waals surface area contributed by atoms with Gasteiger partial charge in [-0.05, 0) is 36.8 Å². The SMILES string of the molecule is Cc1ccc(O)cn1.O=Cc1ccc(OCc2ccccc2)cn1. The number of nitrogens with zero attached hydrogens (tertiary/aromatic N) is 2. The first-order valence-corrected chi connectivity index (χ1v) is 7.37. The van der Waals surface area contributed by atoms with E-state index in [0.29, 0.717) is 24.3 Å². The lowest BCUT2D eigenvalue weighted by Crippen LogP contribution is -1.96. The van der Waals surface area contributed by atoms with Crippen molar-refractivity contribution in [1.29, 1.82) is 0 Å². The van der Waals surface area contributed by atoms with E-state index in [2.05, 4.69) is 9.97 Å². The van der Waals surface area contributed by atoms with Crippen LogP contribution < -0.4 is 4.74 Å². The molecule has 0 saturated heterocycles. The summed E-state index contributed by atoms with van der Waals surface area (Å²) in [5.74, 6) is 0.880. The number of hydrogen-bond donors (Lipinski definition) is 1. The van der Waals surface area contributed by atoms with E-state index in [-0.39, 0.29) is 5.75 Å². The number of aromatic nitrogens is 2. The van der Waals surface area contributed by atoms with Crippen LogP contribution in [0, 0.1) is 6.92 Å². The van der Waals surface area contributed by atoms with E-state index in [9.17, 15) is 4.79 Å². The highest BCUT2D eigenvalue weighted by atomic mass is 16.5. The van der Waals surface area contributed by atoms with E-state index in [4.69, 9.17) is 9.84 Å². The molecule has 122 valence electrons. The predicted octanol–water partition coefficient (Wildman–Crippen LogP) is 3.57. The molecule has 0 unspecified atom stereocenters. The minimum absolute atomic E-state index is 0.218. The zero-order chi connectivity index (χ0) is 17.2. The van der Waals surface area contributed by atoms with Crippen molar-refractivity contribution < 1.29 is 14.6 Å². The van der Waals surface area contributed by atoms with E-state index in [0.717, 1.165) is 11.3 Å². The van der Waals surface area contributed by atoms with Crippen molar-refractivity contribution in [2.75, 3.05) is 0 Å². The third-order valence-corrected chi connectivity index (χ3v) is 3.02. The van der Waals surface area contributed by atoms with Gasteiger partial charge >= 0.3 is 0 Å². The Morgan fingerprint density at radius 1 is 1.00 bits per heavy atom. The van der Waals surface area contributed by atoms with Crippen molar-refractivity contribution in [2.24, 2.45) is 0 Å². The smallest absolute Gasteiger partial charge is 0.168 e. The minimum Gasteiger partial charge on any atom is -0.506 e. The number of aryl methyl sites for hydroxylation is 1. The van der Waals surface area contributed by atoms with Gasteiger partial charge in [-0.2, -0.15) is 0 Å². The van der Waals surface area contributed by atoms with Crippen LogP contribution in [0.3, 0.4) is 0 Å². The molecule has 0 aliphatic carbocycles. The molecule has 0 radical (unpaired) electrons. The van der Waals surface area contributed by atoms with Gasteiger partial charge in [-0.3, -0.25) is 9.78 Å². The van der Waals surface area contributed by atoms with Crippen LogP contribution in [0.4, 0.5) is 0 Å². The van der Waals surface area contributed by atoms with Crippen LogP contribution in [0.2, 0.25) is 0 Å². The number of rotatable bonds is 4. The van der Waals surface area contributed by atoms with Crippen LogP contribution in [-0.2, 0) is 6.61 Å². The molecule has 2 aromatic heterocycles. The number of hydrogen-bond acceptors (Lipinski definition) is 5. The number of carbonyl (C=O) groups is 1. The summed E-state index contributed by atoms with van der Waals surface area (Å²) in [4.78, 5) is 18.1. The number of aldehydes is 1. The van der Waals surface area contributed by atoms with Gasteiger partial charge < -0.3 is 9.84 Å². The van der Waals surface area contributed by atoms with Crippen molar-refractivity contribution in [3.8, 4) is 11.5 Å². The van der Waals surface area contributed by atoms with Crippen molar-refractivity contribution in [3.05, 3.63) is 83.9 Å². The number of benzene rings is 1. The molecule has 2 heterocycles. The van der Waals surface area contributed by atoms with Crippen LogP contribution in [0.1, 0.15) is 21.7 Å². The number of ether oxygens (including phenoxy) is 1. The summed E-state index contributed by atoms with van der Waals surface area (Å²) in [7, 11) is 0. The van der Waals surface area contributed by atoms with Crippen LogP contribution in [0.25, 0.3) is 0 Å². The summed E-state index contributed by atoms with van der Waals surface area (Å²) in [5.41, 5.74) is 2.43. The van der Waals surface area contributed by atoms with E-state index in [1.165, 1.54) is 6.20 Å². The average Bonchev–Trinajstić information content (AvgIpc) is 2.64. The van der Waals surface area contributed by atoms with Gasteiger partial charge in [0.05, 0.1) is 12.4 Å². The molecule has 24 heavy (non-hydrogen) atoms. The van der Waals surface area contributed by atoms with Crippen LogP contribution in [0.5, 0.6) is 11.5 Å². The Balaban J connectivity index is 0.000000219. The van der Waals surface area contributed by atoms with Crippen molar-refractivity contribution in [1.82, 2.24) is 9.97 Å². The van der Waals surface area contributed by atoms with Gasteiger partial charge in [-0.1, -0.05) is 30.3 Å². The Morgan fingerprint density at radius 3 is 2.33 bits per heavy atom. The van der Waals surface area contributed by atoms with Gasteiger partial charge in [0.1, 0.15) is 23.8 Å². The monoisotopic (exact) mass is 322 g/mol. The van der Waals surface area contributed by atoms with Crippen LogP contribution in [-0.4, -0.2) is 21.4 Å². The molecule has 0 saturated carbocycles. The maximum absolute atomic E-state index is 10.4. The molecule has 0 bridgehead atoms. The van der Waals surface area contributed by atoms with Gasteiger partial charge in [0.2, 0.25) is 0 Å². The Kier molecular flexibility index (Phi) is 6.46. The maximum atomic E-state index is 10.4. The summed E-state index contributed by atoms with van der Waals surface area (Å²) in [5, 5.41) is 8.69. The molecule has 0 atom stereocenters. The molecule has 1 N–H and O–H groups in total. The normalized spacial score (nSPS) is 9.54. The summed E-state index contributed by atoms with van der Waals surface area (Å²) in [6.45, 7) is 2.38. The van der Waals surface area contributed by atoms with E-state index in [1.807, 2.05) is 37.3 Å². The summed E-state index contributed by atoms with van der Waals surface area (Å²) in [6, 6.07) is 16.6. The van der Waals surface area contributed by atoms with Gasteiger partial charge in [0, 0.05) is 5.69 Å². The second kappa shape index (κ2) is 9.05. The second-order valence-corrected chi connectivity index (χ2v) is 4.97. The molecule has 1 aromatic carbocycles. The molecule has 5 heteroatoms. The Labute approximate surface area is 140 Å². The third kappa shape index (κ3) is 5.88. The van der Waals surface area contributed by atoms with E-state index < -0.39 is 0 Å². The van der Waals surface area contributed by atoms with Gasteiger partial charge in [-0.25, -0.2) is 4.98 Å². The van der Waals surface area contributed by atoms with Crippen molar-refractivity contribution in [2.45, 2.75) is 13.5 Å². The zero-order valence-corrected chi connectivity index (χ0v) is 13.3. The molecule has 0 amide bonds. The maximum Gasteiger partial charge on any atom is 0.168 e. The first-order chi connectivity index (χ1) is 11.7. The summed E-state index contributed by atoms with van der Waals surface area (Å²) < 4.78 is 5.51. The molecule has 3 rings (SSSR count). The second-order valence-electron chi connectivity index (χ2n) is 4.97. The van der Waals surface area contributed by atoms with Gasteiger partial charge in [0.15, 0.2) is 6.29 Å². The molecule has 3 aromatic rings. The van der Waals surface area contributed by atoms with Gasteiger partial charge in [0.25, 0.3) is 0 Å². The fourth-order valence-electron chi connectivity index (χ4n) is 1.75. The third-order valence-electron chi connectivity index (χ3n) is 3.02. The van der Waals surface area contributed by atoms with Crippen LogP contribution in [0.15, 0.2) is 67.0 Å². The largest absolute Gasteiger partial charge is 0.506 e. The predicted molar refractivity (Wildman–Crippen MR) is 91.0 cm³/mol. The molecular formula is C19H18N2O3. The quantitative estimate of drug-likeness (QED) is 0.743. The molecular weight excluding hydrogens is 304 g/mol. The van der Waals surface area contributed by atoms with Gasteiger partial charge in [-0.15, -0.1) is 0 Å². The lowest BCUT2D eigenvalue weighted by Gasteiger charge is -2.05. The topological polar surface area (TPSA) is 72.3 Å². The Bertz CT molecular complexity index is 721. The molecule has 0 aliphatic rings. The lowest BCUT2D eigenvalue weighted by atomic mass is 10.2. The van der Waals surface area contributed by atoms with E-state index in [1.54, 1.807) is 30.5 Å². The lowest BCUT2D eigenvalue weighted by molar-refractivity contribution is 0.111. The standard InChI is InChI=1S/C13H11NO2.C6H7NO/c15-9-12-6-7-13(8-14-12)16-10-11-4-2-1-3-5-11;1-5-2-3-6(8)4-7-5/h1-9H,10H2;2-4,8H,1H3. The van der Waals surface area contributed by atoms with Crippen molar-refractivity contribution >= 4 is 6.29 Å². The van der Waals surface area contributed by atoms with Crippen molar-refractivity contribution in [3.63, 3.8) is 0 Å². The Hall–Kier alpha value is -3.21.